The standard InChI is InChI=1S/C14H18BrNO2/c15-10-12-4-2-1-3-9-16(12)14(18)11-5-7-13(17)8-6-11/h5-8,12,17H,1-4,9-10H2. The SMILES string of the molecule is O=C(c1ccc(O)cc1)N1CCCCCC1CBr. The van der Waals surface area contributed by atoms with Crippen LogP contribution in [0.4, 0.5) is 0 Å². The van der Waals surface area contributed by atoms with Gasteiger partial charge in [0.05, 0.1) is 0 Å². The second-order valence-corrected chi connectivity index (χ2v) is 5.35. The Morgan fingerprint density at radius 1 is 1.28 bits per heavy atom. The predicted octanol–water partition coefficient (Wildman–Crippen LogP) is 3.17. The van der Waals surface area contributed by atoms with Crippen LogP contribution in [0.3, 0.4) is 0 Å². The highest BCUT2D eigenvalue weighted by atomic mass is 79.9. The highest BCUT2D eigenvalue weighted by molar-refractivity contribution is 9.09. The zero-order valence-electron chi connectivity index (χ0n) is 10.3. The Hall–Kier alpha value is -1.03. The first-order chi connectivity index (χ1) is 8.72. The Labute approximate surface area is 116 Å². The summed E-state index contributed by atoms with van der Waals surface area (Å²) in [5, 5.41) is 10.1. The number of hydrogen-bond donors (Lipinski definition) is 1. The van der Waals surface area contributed by atoms with Crippen LogP contribution >= 0.6 is 15.9 Å². The van der Waals surface area contributed by atoms with E-state index in [4.69, 9.17) is 0 Å². The monoisotopic (exact) mass is 311 g/mol. The molecule has 3 nitrogen and oxygen atoms in total. The van der Waals surface area contributed by atoms with Gasteiger partial charge in [0.25, 0.3) is 5.91 Å². The molecule has 1 heterocycles. The van der Waals surface area contributed by atoms with E-state index in [1.807, 2.05) is 4.90 Å². The first kappa shape index (κ1) is 13.4. The number of phenols is 1. The molecular weight excluding hydrogens is 294 g/mol. The summed E-state index contributed by atoms with van der Waals surface area (Å²) >= 11 is 3.50. The summed E-state index contributed by atoms with van der Waals surface area (Å²) in [6.07, 6.45) is 4.53. The summed E-state index contributed by atoms with van der Waals surface area (Å²) in [7, 11) is 0. The molecule has 0 aromatic heterocycles. The minimum absolute atomic E-state index is 0.0707. The molecule has 0 aliphatic carbocycles. The van der Waals surface area contributed by atoms with Crippen molar-refractivity contribution in [2.24, 2.45) is 0 Å². The molecule has 1 aromatic rings. The molecule has 2 rings (SSSR count). The summed E-state index contributed by atoms with van der Waals surface area (Å²) in [4.78, 5) is 14.4. The molecule has 1 aliphatic rings. The van der Waals surface area contributed by atoms with Crippen LogP contribution in [0.5, 0.6) is 5.75 Å². The fraction of sp³-hybridized carbons (Fsp3) is 0.500. The zero-order valence-corrected chi connectivity index (χ0v) is 11.9. The first-order valence-electron chi connectivity index (χ1n) is 6.38. The molecule has 1 aromatic carbocycles. The molecule has 1 aliphatic heterocycles. The number of halogens is 1. The molecule has 1 atom stereocenters. The predicted molar refractivity (Wildman–Crippen MR) is 75.2 cm³/mol. The number of likely N-dealkylation sites (tertiary alicyclic amines) is 1. The van der Waals surface area contributed by atoms with Gasteiger partial charge in [0.1, 0.15) is 5.75 Å². The van der Waals surface area contributed by atoms with E-state index in [0.717, 1.165) is 24.7 Å². The number of aromatic hydroxyl groups is 1. The Balaban J connectivity index is 2.17. The van der Waals surface area contributed by atoms with Gasteiger partial charge in [-0.25, -0.2) is 0 Å². The van der Waals surface area contributed by atoms with Crippen molar-refractivity contribution in [3.63, 3.8) is 0 Å². The second-order valence-electron chi connectivity index (χ2n) is 4.70. The Bertz CT molecular complexity index is 405. The first-order valence-corrected chi connectivity index (χ1v) is 7.50. The van der Waals surface area contributed by atoms with Crippen LogP contribution in [-0.2, 0) is 0 Å². The molecule has 1 N–H and O–H groups in total. The number of hydrogen-bond acceptors (Lipinski definition) is 2. The quantitative estimate of drug-likeness (QED) is 0.852. The lowest BCUT2D eigenvalue weighted by Gasteiger charge is -2.28. The van der Waals surface area contributed by atoms with E-state index < -0.39 is 0 Å². The van der Waals surface area contributed by atoms with E-state index in [0.29, 0.717) is 5.56 Å². The summed E-state index contributed by atoms with van der Waals surface area (Å²) < 4.78 is 0. The van der Waals surface area contributed by atoms with Crippen molar-refractivity contribution in [3.8, 4) is 5.75 Å². The number of nitrogens with zero attached hydrogens (tertiary/aromatic N) is 1. The van der Waals surface area contributed by atoms with Gasteiger partial charge in [-0.1, -0.05) is 28.8 Å². The fourth-order valence-electron chi connectivity index (χ4n) is 2.37. The summed E-state index contributed by atoms with van der Waals surface area (Å²) in [5.41, 5.74) is 0.653. The maximum atomic E-state index is 12.5. The van der Waals surface area contributed by atoms with Crippen LogP contribution in [0.2, 0.25) is 0 Å². The summed E-state index contributed by atoms with van der Waals surface area (Å²) in [5.74, 6) is 0.265. The van der Waals surface area contributed by atoms with Crippen molar-refractivity contribution in [2.75, 3.05) is 11.9 Å². The van der Waals surface area contributed by atoms with Crippen molar-refractivity contribution in [3.05, 3.63) is 29.8 Å². The molecule has 1 amide bonds. The number of amides is 1. The van der Waals surface area contributed by atoms with Crippen molar-refractivity contribution in [1.82, 2.24) is 4.90 Å². The average Bonchev–Trinajstić information content (AvgIpc) is 2.63. The highest BCUT2D eigenvalue weighted by Crippen LogP contribution is 2.21. The minimum atomic E-state index is 0.0707. The van der Waals surface area contributed by atoms with Crippen LogP contribution in [0.15, 0.2) is 24.3 Å². The third kappa shape index (κ3) is 3.05. The van der Waals surface area contributed by atoms with Gasteiger partial charge < -0.3 is 10.0 Å². The van der Waals surface area contributed by atoms with E-state index >= 15 is 0 Å². The van der Waals surface area contributed by atoms with E-state index in [2.05, 4.69) is 15.9 Å². The van der Waals surface area contributed by atoms with Gasteiger partial charge in [-0.2, -0.15) is 0 Å². The third-order valence-corrected chi connectivity index (χ3v) is 4.18. The van der Waals surface area contributed by atoms with E-state index in [9.17, 15) is 9.90 Å². The lowest BCUT2D eigenvalue weighted by atomic mass is 10.1. The molecule has 1 unspecified atom stereocenters. The van der Waals surface area contributed by atoms with Crippen LogP contribution < -0.4 is 0 Å². The molecular formula is C14H18BrNO2. The molecule has 0 bridgehead atoms. The normalized spacial score (nSPS) is 20.5. The smallest absolute Gasteiger partial charge is 0.254 e. The van der Waals surface area contributed by atoms with Crippen molar-refractivity contribution < 1.29 is 9.90 Å². The maximum Gasteiger partial charge on any atom is 0.254 e. The van der Waals surface area contributed by atoms with Gasteiger partial charge >= 0.3 is 0 Å². The molecule has 0 spiro atoms. The van der Waals surface area contributed by atoms with Gasteiger partial charge in [0.2, 0.25) is 0 Å². The number of carbonyl (C=O) groups excluding carboxylic acids is 1. The van der Waals surface area contributed by atoms with Crippen LogP contribution in [0.25, 0.3) is 0 Å². The summed E-state index contributed by atoms with van der Waals surface area (Å²) in [6, 6.07) is 6.79. The minimum Gasteiger partial charge on any atom is -0.508 e. The van der Waals surface area contributed by atoms with Gasteiger partial charge in [-0.3, -0.25) is 4.79 Å². The number of carbonyl (C=O) groups is 1. The number of benzene rings is 1. The molecule has 1 fully saturated rings. The van der Waals surface area contributed by atoms with E-state index in [1.165, 1.54) is 12.8 Å². The number of rotatable bonds is 2. The lowest BCUT2D eigenvalue weighted by Crippen LogP contribution is -2.41. The summed E-state index contributed by atoms with van der Waals surface area (Å²) in [6.45, 7) is 0.829. The van der Waals surface area contributed by atoms with Gasteiger partial charge in [-0.15, -0.1) is 0 Å². The lowest BCUT2D eigenvalue weighted by molar-refractivity contribution is 0.0702. The molecule has 1 saturated heterocycles. The van der Waals surface area contributed by atoms with Gasteiger partial charge in [0.15, 0.2) is 0 Å². The van der Waals surface area contributed by atoms with Crippen LogP contribution in [0.1, 0.15) is 36.0 Å². The van der Waals surface area contributed by atoms with Crippen LogP contribution in [0, 0.1) is 0 Å². The molecule has 4 heteroatoms. The zero-order chi connectivity index (χ0) is 13.0. The van der Waals surface area contributed by atoms with E-state index in [1.54, 1.807) is 24.3 Å². The second kappa shape index (κ2) is 6.23. The average molecular weight is 312 g/mol. The van der Waals surface area contributed by atoms with Crippen molar-refractivity contribution in [1.29, 1.82) is 0 Å². The Morgan fingerprint density at radius 3 is 2.67 bits per heavy atom. The maximum absolute atomic E-state index is 12.5. The topological polar surface area (TPSA) is 40.5 Å². The van der Waals surface area contributed by atoms with E-state index in [-0.39, 0.29) is 17.7 Å². The van der Waals surface area contributed by atoms with Crippen LogP contribution in [-0.4, -0.2) is 33.8 Å². The largest absolute Gasteiger partial charge is 0.508 e. The molecule has 98 valence electrons. The van der Waals surface area contributed by atoms with Gasteiger partial charge in [0, 0.05) is 23.5 Å². The Kier molecular flexibility index (Phi) is 4.64. The Morgan fingerprint density at radius 2 is 2.00 bits per heavy atom. The molecule has 0 saturated carbocycles. The fourth-order valence-corrected chi connectivity index (χ4v) is 3.05. The number of phenolic OH excluding ortho intramolecular Hbond substituents is 1. The third-order valence-electron chi connectivity index (χ3n) is 3.43. The van der Waals surface area contributed by atoms with Gasteiger partial charge in [-0.05, 0) is 37.1 Å². The number of alkyl halides is 1. The highest BCUT2D eigenvalue weighted by Gasteiger charge is 2.25. The van der Waals surface area contributed by atoms with Crippen molar-refractivity contribution in [2.45, 2.75) is 31.7 Å². The molecule has 18 heavy (non-hydrogen) atoms. The van der Waals surface area contributed by atoms with Crippen molar-refractivity contribution >= 4 is 21.8 Å². The molecule has 0 radical (unpaired) electrons.